The average Bonchev–Trinajstić information content (AvgIpc) is 2.86. The summed E-state index contributed by atoms with van der Waals surface area (Å²) in [5.41, 5.74) is 0.839. The van der Waals surface area contributed by atoms with Crippen LogP contribution in [0.1, 0.15) is 13.8 Å². The minimum Gasteiger partial charge on any atom is -0.316 e. The second-order valence-electron chi connectivity index (χ2n) is 3.77. The molecule has 90 valence electrons. The topological polar surface area (TPSA) is 42.0 Å². The van der Waals surface area contributed by atoms with Crippen molar-refractivity contribution in [3.8, 4) is 10.6 Å². The number of anilines is 1. The number of halogens is 1. The monoisotopic (exact) mass is 330 g/mol. The van der Waals surface area contributed by atoms with Gasteiger partial charge in [-0.05, 0) is 27.4 Å². The molecule has 1 N–H and O–H groups in total. The molecule has 0 aromatic carbocycles. The lowest BCUT2D eigenvalue weighted by Crippen LogP contribution is -2.17. The molecule has 0 spiro atoms. The van der Waals surface area contributed by atoms with Crippen molar-refractivity contribution in [2.24, 2.45) is 5.92 Å². The highest BCUT2D eigenvalue weighted by atomic mass is 79.9. The Balaban J connectivity index is 2.32. The minimum atomic E-state index is -0.0351. The number of rotatable bonds is 3. The highest BCUT2D eigenvalue weighted by Crippen LogP contribution is 2.37. The van der Waals surface area contributed by atoms with E-state index in [1.807, 2.05) is 31.4 Å². The highest BCUT2D eigenvalue weighted by Gasteiger charge is 2.16. The van der Waals surface area contributed by atoms with E-state index in [4.69, 9.17) is 0 Å². The molecule has 0 bridgehead atoms. The number of hydrogen-bond acceptors (Lipinski definition) is 4. The average molecular weight is 331 g/mol. The summed E-state index contributed by atoms with van der Waals surface area (Å²) in [5.74, 6) is -0.0222. The molecular weight excluding hydrogens is 320 g/mol. The largest absolute Gasteiger partial charge is 0.316 e. The smallest absolute Gasteiger partial charge is 0.227 e. The number of carbonyl (C=O) groups excluding carboxylic acids is 1. The van der Waals surface area contributed by atoms with Crippen molar-refractivity contribution in [3.05, 3.63) is 21.4 Å². The Bertz CT molecular complexity index is 520. The summed E-state index contributed by atoms with van der Waals surface area (Å²) in [6.07, 6.45) is 0. The van der Waals surface area contributed by atoms with E-state index in [0.717, 1.165) is 19.5 Å². The molecule has 0 aliphatic rings. The number of amides is 1. The molecule has 2 aromatic heterocycles. The molecule has 1 amide bonds. The number of nitrogens with one attached hydrogen (secondary N) is 1. The second kappa shape index (κ2) is 5.29. The van der Waals surface area contributed by atoms with Crippen LogP contribution in [0.5, 0.6) is 0 Å². The third-order valence-electron chi connectivity index (χ3n) is 2.12. The maximum Gasteiger partial charge on any atom is 0.227 e. The number of aromatic nitrogens is 1. The fraction of sp³-hybridized carbons (Fsp3) is 0.273. The third kappa shape index (κ3) is 2.94. The summed E-state index contributed by atoms with van der Waals surface area (Å²) in [5, 5.41) is 5.71. The molecule has 17 heavy (non-hydrogen) atoms. The number of nitrogens with zero attached hydrogens (tertiary/aromatic N) is 1. The molecule has 0 atom stereocenters. The molecule has 0 aliphatic carbocycles. The van der Waals surface area contributed by atoms with Crippen LogP contribution >= 0.6 is 38.6 Å². The molecule has 2 rings (SSSR count). The Labute approximate surface area is 116 Å². The number of thiophene rings is 1. The Morgan fingerprint density at radius 1 is 1.53 bits per heavy atom. The van der Waals surface area contributed by atoms with Crippen molar-refractivity contribution in [2.75, 3.05) is 5.32 Å². The predicted octanol–water partition coefficient (Wildman–Crippen LogP) is 4.23. The maximum absolute atomic E-state index is 11.7. The summed E-state index contributed by atoms with van der Waals surface area (Å²) in [4.78, 5) is 17.2. The minimum absolute atomic E-state index is 0.0129. The molecule has 0 saturated heterocycles. The Hall–Kier alpha value is -0.720. The number of thiazole rings is 1. The first-order chi connectivity index (χ1) is 8.08. The Kier molecular flexibility index (Phi) is 3.96. The van der Waals surface area contributed by atoms with Gasteiger partial charge in [-0.2, -0.15) is 0 Å². The van der Waals surface area contributed by atoms with Crippen LogP contribution in [0.2, 0.25) is 0 Å². The second-order valence-corrected chi connectivity index (χ2v) is 6.99. The van der Waals surface area contributed by atoms with E-state index in [1.165, 1.54) is 11.3 Å². The molecule has 0 aliphatic heterocycles. The van der Waals surface area contributed by atoms with Gasteiger partial charge in [0.25, 0.3) is 0 Å². The molecule has 0 saturated carbocycles. The van der Waals surface area contributed by atoms with Crippen LogP contribution in [0.15, 0.2) is 21.4 Å². The van der Waals surface area contributed by atoms with Crippen LogP contribution in [0.25, 0.3) is 10.6 Å². The standard InChI is InChI=1S/C11H11BrN2OS2/c1-6(2)9(15)14-10-8(13-11(12)17-10)7-4-3-5-16-7/h3-6H,1-2H3,(H,14,15). The summed E-state index contributed by atoms with van der Waals surface area (Å²) in [6.45, 7) is 3.74. The van der Waals surface area contributed by atoms with Gasteiger partial charge >= 0.3 is 0 Å². The van der Waals surface area contributed by atoms with Gasteiger partial charge in [0.1, 0.15) is 10.7 Å². The highest BCUT2D eigenvalue weighted by molar-refractivity contribution is 9.11. The van der Waals surface area contributed by atoms with Crippen LogP contribution in [0.3, 0.4) is 0 Å². The first-order valence-electron chi connectivity index (χ1n) is 5.09. The molecule has 2 aromatic rings. The Morgan fingerprint density at radius 2 is 2.29 bits per heavy atom. The van der Waals surface area contributed by atoms with Gasteiger partial charge in [-0.3, -0.25) is 4.79 Å². The predicted molar refractivity (Wildman–Crippen MR) is 76.6 cm³/mol. The van der Waals surface area contributed by atoms with Gasteiger partial charge in [0.2, 0.25) is 5.91 Å². The van der Waals surface area contributed by atoms with Crippen molar-refractivity contribution in [1.29, 1.82) is 0 Å². The summed E-state index contributed by atoms with van der Waals surface area (Å²) < 4.78 is 0.778. The summed E-state index contributed by atoms with van der Waals surface area (Å²) in [7, 11) is 0. The lowest BCUT2D eigenvalue weighted by Gasteiger charge is -2.06. The van der Waals surface area contributed by atoms with Gasteiger partial charge in [0.05, 0.1) is 4.88 Å². The van der Waals surface area contributed by atoms with Gasteiger partial charge in [0, 0.05) is 5.92 Å². The van der Waals surface area contributed by atoms with E-state index in [1.54, 1.807) is 11.3 Å². The van der Waals surface area contributed by atoms with Crippen molar-refractivity contribution in [2.45, 2.75) is 13.8 Å². The molecular formula is C11H11BrN2OS2. The van der Waals surface area contributed by atoms with Crippen LogP contribution < -0.4 is 5.32 Å². The molecule has 2 heterocycles. The fourth-order valence-electron chi connectivity index (χ4n) is 1.22. The van der Waals surface area contributed by atoms with Gasteiger partial charge in [-0.25, -0.2) is 4.98 Å². The lowest BCUT2D eigenvalue weighted by atomic mass is 10.2. The summed E-state index contributed by atoms with van der Waals surface area (Å²) >= 11 is 6.41. The first-order valence-corrected chi connectivity index (χ1v) is 7.58. The van der Waals surface area contributed by atoms with E-state index in [9.17, 15) is 4.79 Å². The Morgan fingerprint density at radius 3 is 2.88 bits per heavy atom. The zero-order valence-electron chi connectivity index (χ0n) is 9.36. The fourth-order valence-corrected chi connectivity index (χ4v) is 3.37. The lowest BCUT2D eigenvalue weighted by molar-refractivity contribution is -0.118. The van der Waals surface area contributed by atoms with Crippen molar-refractivity contribution in [3.63, 3.8) is 0 Å². The van der Waals surface area contributed by atoms with Crippen LogP contribution in [-0.4, -0.2) is 10.9 Å². The number of carbonyl (C=O) groups is 1. The van der Waals surface area contributed by atoms with Crippen molar-refractivity contribution in [1.82, 2.24) is 4.98 Å². The van der Waals surface area contributed by atoms with Crippen molar-refractivity contribution >= 4 is 49.5 Å². The maximum atomic E-state index is 11.7. The van der Waals surface area contributed by atoms with E-state index in [0.29, 0.717) is 0 Å². The molecule has 3 nitrogen and oxygen atoms in total. The van der Waals surface area contributed by atoms with E-state index < -0.39 is 0 Å². The molecule has 0 unspecified atom stereocenters. The van der Waals surface area contributed by atoms with E-state index in [-0.39, 0.29) is 11.8 Å². The van der Waals surface area contributed by atoms with Gasteiger partial charge in [0.15, 0.2) is 3.92 Å². The van der Waals surface area contributed by atoms with Gasteiger partial charge in [-0.15, -0.1) is 11.3 Å². The number of hydrogen-bond donors (Lipinski definition) is 1. The van der Waals surface area contributed by atoms with Crippen LogP contribution in [-0.2, 0) is 4.79 Å². The first kappa shape index (κ1) is 12.7. The zero-order valence-corrected chi connectivity index (χ0v) is 12.6. The SMILES string of the molecule is CC(C)C(=O)Nc1sc(Br)nc1-c1cccs1. The van der Waals surface area contributed by atoms with Gasteiger partial charge in [-0.1, -0.05) is 31.3 Å². The van der Waals surface area contributed by atoms with E-state index >= 15 is 0 Å². The van der Waals surface area contributed by atoms with E-state index in [2.05, 4.69) is 26.2 Å². The molecule has 6 heteroatoms. The zero-order chi connectivity index (χ0) is 12.4. The third-order valence-corrected chi connectivity index (χ3v) is 4.42. The quantitative estimate of drug-likeness (QED) is 0.914. The van der Waals surface area contributed by atoms with Crippen LogP contribution in [0.4, 0.5) is 5.00 Å². The normalized spacial score (nSPS) is 10.8. The van der Waals surface area contributed by atoms with Gasteiger partial charge < -0.3 is 5.32 Å². The summed E-state index contributed by atoms with van der Waals surface area (Å²) in [6, 6.07) is 3.97. The van der Waals surface area contributed by atoms with Crippen LogP contribution in [0, 0.1) is 5.92 Å². The molecule has 0 radical (unpaired) electrons. The van der Waals surface area contributed by atoms with Crippen molar-refractivity contribution < 1.29 is 4.79 Å². The molecule has 0 fully saturated rings.